The number of rotatable bonds is 16. The zero-order valence-electron chi connectivity index (χ0n) is 72.3. The molecule has 0 atom stereocenters. The molecule has 22 heteroatoms. The molecule has 22 nitrogen and oxygen atoms in total. The van der Waals surface area contributed by atoms with Gasteiger partial charge in [-0.3, -0.25) is 49.5 Å². The smallest absolute Gasteiger partial charge is 0.261 e. The minimum Gasteiger partial charge on any atom is -0.505 e. The lowest BCUT2D eigenvalue weighted by Gasteiger charge is -2.19. The number of benzene rings is 7. The zero-order valence-corrected chi connectivity index (χ0v) is 72.3. The topological polar surface area (TPSA) is 308 Å². The minimum atomic E-state index is -0.274. The number of para-hydroxylation sites is 4. The standard InChI is InChI=1S/C24H27N3O2.C16H20N2O2.C15H19N3O2.C14H16N2O2.C9H7NO2.C9H8O.4C2H6.CH4/c1-15(2)26-24(28)22-20-10-6-7-11-21(20)27-16(3)23(22)29-14-25-19-12-17-8-4-5-9-18(17)13-19;1-5-20-15-11(4)18-13-9-7-6-8-12(13)14(15)16(19)17-10(2)3;1-9(2)17-15(19)13-11-6-4-5-7-12(11)18-10(3)14(13)20-8-16;1-8(2)15-14(18)12-10-6-4-5-7-11(10)16-9(3)13(12)17;1-10-8(11)6-4-2-3-5-7(6)9(10)12;10-9-5-7-3-1-2-4-8(7)6-9;4*1-2;/h4-11,15,19,25H,12-14H2,1-3H3,(H,26,28);6-10H,5H2,1-4H3,(H,17,19);4-7,9H,8,16H2,1-3H3,(H,17,19);4-8,17H,1-3H3,(H,15,18);2-5H,1H3;1-4H,5-6H2;4*1-2H3;1H4. The van der Waals surface area contributed by atoms with Crippen LogP contribution in [0.5, 0.6) is 23.0 Å². The Morgan fingerprint density at radius 3 is 1.03 bits per heavy atom. The van der Waals surface area contributed by atoms with Gasteiger partial charge in [0, 0.05) is 71.6 Å². The minimum absolute atomic E-state index is 0. The molecule has 2 aliphatic carbocycles. The maximum Gasteiger partial charge on any atom is 0.261 e. The zero-order chi connectivity index (χ0) is 86.8. The molecule has 0 saturated heterocycles. The van der Waals surface area contributed by atoms with Crippen LogP contribution in [-0.4, -0.2) is 128 Å². The molecule has 0 fully saturated rings. The highest BCUT2D eigenvalue weighted by molar-refractivity contribution is 6.21. The Kier molecular flexibility index (Phi) is 41.0. The number of pyridine rings is 4. The molecule has 3 aliphatic rings. The van der Waals surface area contributed by atoms with Crippen molar-refractivity contribution < 1.29 is 52.9 Å². The van der Waals surface area contributed by atoms with E-state index in [0.29, 0.717) is 117 Å². The molecule has 0 bridgehead atoms. The molecule has 1 aliphatic heterocycles. The van der Waals surface area contributed by atoms with E-state index in [1.807, 2.05) is 254 Å². The van der Waals surface area contributed by atoms with Gasteiger partial charge in [0.25, 0.3) is 35.4 Å². The molecule has 0 unspecified atom stereocenters. The van der Waals surface area contributed by atoms with Crippen molar-refractivity contribution in [1.29, 1.82) is 0 Å². The third-order valence-corrected chi connectivity index (χ3v) is 17.7. The van der Waals surface area contributed by atoms with Crippen LogP contribution >= 0.6 is 0 Å². The molecule has 4 aromatic heterocycles. The molecule has 118 heavy (non-hydrogen) atoms. The second-order valence-electron chi connectivity index (χ2n) is 27.7. The number of aromatic nitrogens is 4. The lowest BCUT2D eigenvalue weighted by molar-refractivity contribution is -0.117. The molecular weight excluding hydrogens is 1480 g/mol. The van der Waals surface area contributed by atoms with Gasteiger partial charge in [0.05, 0.1) is 84.8 Å². The summed E-state index contributed by atoms with van der Waals surface area (Å²) in [6.45, 7) is 41.4. The number of aromatic hydroxyl groups is 1. The Bertz CT molecular complexity index is 4980. The largest absolute Gasteiger partial charge is 0.505 e. The maximum absolute atomic E-state index is 13.0. The van der Waals surface area contributed by atoms with Crippen molar-refractivity contribution in [3.05, 3.63) is 248 Å². The molecular formula is C96H125N11O11. The molecule has 7 aromatic carbocycles. The van der Waals surface area contributed by atoms with Gasteiger partial charge >= 0.3 is 0 Å². The molecule has 14 rings (SSSR count). The van der Waals surface area contributed by atoms with E-state index in [9.17, 15) is 38.7 Å². The number of nitrogens with two attached hydrogens (primary N) is 1. The van der Waals surface area contributed by atoms with E-state index < -0.39 is 0 Å². The quantitative estimate of drug-likeness (QED) is 0.0349. The summed E-state index contributed by atoms with van der Waals surface area (Å²) >= 11 is 0. The summed E-state index contributed by atoms with van der Waals surface area (Å²) in [7, 11) is 1.49. The van der Waals surface area contributed by atoms with Gasteiger partial charge in [-0.25, -0.2) is 19.9 Å². The Balaban J connectivity index is 0.000000299. The van der Waals surface area contributed by atoms with Crippen LogP contribution in [0.25, 0.3) is 43.6 Å². The summed E-state index contributed by atoms with van der Waals surface area (Å²) in [6.07, 6.45) is 3.29. The van der Waals surface area contributed by atoms with Gasteiger partial charge in [0.1, 0.15) is 25.0 Å². The molecule has 0 spiro atoms. The third-order valence-electron chi connectivity index (χ3n) is 17.7. The van der Waals surface area contributed by atoms with E-state index >= 15 is 0 Å². The normalized spacial score (nSPS) is 11.8. The highest BCUT2D eigenvalue weighted by Crippen LogP contribution is 2.34. The van der Waals surface area contributed by atoms with E-state index in [4.69, 9.17) is 19.9 Å². The van der Waals surface area contributed by atoms with Crippen molar-refractivity contribution in [2.45, 2.75) is 209 Å². The number of ketones is 1. The number of hydrogen-bond acceptors (Lipinski definition) is 17. The summed E-state index contributed by atoms with van der Waals surface area (Å²) in [4.78, 5) is 103. The monoisotopic (exact) mass is 1610 g/mol. The highest BCUT2D eigenvalue weighted by Gasteiger charge is 2.32. The first-order valence-electron chi connectivity index (χ1n) is 40.6. The fourth-order valence-corrected chi connectivity index (χ4v) is 12.9. The fraction of sp³-hybridized carbons (Fsp3) is 0.365. The predicted octanol–water partition coefficient (Wildman–Crippen LogP) is 18.2. The number of carbonyl (C=O) groups is 7. The van der Waals surface area contributed by atoms with Crippen molar-refractivity contribution in [1.82, 2.24) is 51.4 Å². The first-order chi connectivity index (χ1) is 56.2. The molecule has 0 radical (unpaired) electrons. The van der Waals surface area contributed by atoms with Crippen LogP contribution in [-0.2, 0) is 30.5 Å². The lowest BCUT2D eigenvalue weighted by atomic mass is 10.1. The lowest BCUT2D eigenvalue weighted by Crippen LogP contribution is -2.34. The first kappa shape index (κ1) is 98.4. The molecule has 11 aromatic rings. The van der Waals surface area contributed by atoms with Crippen LogP contribution in [0.1, 0.15) is 232 Å². The predicted molar refractivity (Wildman–Crippen MR) is 479 cm³/mol. The second kappa shape index (κ2) is 49.1. The van der Waals surface area contributed by atoms with E-state index in [0.717, 1.165) is 56.1 Å². The molecule has 8 N–H and O–H groups in total. The summed E-state index contributed by atoms with van der Waals surface area (Å²) in [5.41, 5.74) is 19.3. The molecule has 630 valence electrons. The highest BCUT2D eigenvalue weighted by atomic mass is 16.5. The number of ether oxygens (including phenoxy) is 3. The number of nitrogens with one attached hydrogen (secondary N) is 5. The Hall–Kier alpha value is -12.0. The van der Waals surface area contributed by atoms with Crippen LogP contribution < -0.4 is 46.5 Å². The summed E-state index contributed by atoms with van der Waals surface area (Å²) in [5, 5.41) is 28.2. The first-order valence-corrected chi connectivity index (χ1v) is 40.6. The number of nitrogens with zero attached hydrogens (tertiary/aromatic N) is 5. The Labute approximate surface area is 698 Å². The molecule has 0 saturated carbocycles. The van der Waals surface area contributed by atoms with E-state index in [1.165, 1.54) is 29.3 Å². The van der Waals surface area contributed by atoms with Gasteiger partial charge in [-0.1, -0.05) is 196 Å². The SMILES string of the molecule is C.CC.CC.CC.CC.CCOc1c(C)nc2ccccc2c1C(=O)NC(C)C.CN1C(=O)c2ccccc2C1=O.Cc1nc2ccccc2c(C(=O)NC(C)C)c1O.Cc1nc2ccccc2c(C(=O)NC(C)C)c1OCN.Cc1nc2ccccc2c(C(=O)NC(C)C)c1OCNC1Cc2ccccc2C1.O=C1Cc2ccccc2C1. The molecule has 6 amide bonds. The maximum atomic E-state index is 13.0. The van der Waals surface area contributed by atoms with Crippen molar-refractivity contribution in [2.24, 2.45) is 5.73 Å². The molecule has 5 heterocycles. The Morgan fingerprint density at radius 2 is 0.703 bits per heavy atom. The number of carbonyl (C=O) groups excluding carboxylic acids is 7. The van der Waals surface area contributed by atoms with E-state index in [-0.39, 0.29) is 79.5 Å². The van der Waals surface area contributed by atoms with Crippen LogP contribution in [0.4, 0.5) is 0 Å². The van der Waals surface area contributed by atoms with Crippen molar-refractivity contribution >= 4 is 84.8 Å². The Morgan fingerprint density at radius 1 is 0.424 bits per heavy atom. The van der Waals surface area contributed by atoms with Gasteiger partial charge in [-0.05, 0) is 162 Å². The van der Waals surface area contributed by atoms with E-state index in [1.54, 1.807) is 37.3 Å². The summed E-state index contributed by atoms with van der Waals surface area (Å²) in [6, 6.07) is 54.0. The van der Waals surface area contributed by atoms with Crippen LogP contribution in [0.2, 0.25) is 0 Å². The average Bonchev–Trinajstić information content (AvgIpc) is 1.67. The van der Waals surface area contributed by atoms with Crippen molar-refractivity contribution in [3.8, 4) is 23.0 Å². The second-order valence-corrected chi connectivity index (χ2v) is 27.7. The number of fused-ring (bicyclic) bond motifs is 7. The van der Waals surface area contributed by atoms with Gasteiger partial charge in [-0.15, -0.1) is 0 Å². The van der Waals surface area contributed by atoms with Gasteiger partial charge in [0.15, 0.2) is 17.2 Å². The average molecular weight is 1610 g/mol. The third kappa shape index (κ3) is 26.2. The van der Waals surface area contributed by atoms with Crippen molar-refractivity contribution in [3.63, 3.8) is 0 Å². The number of amides is 6. The van der Waals surface area contributed by atoms with Gasteiger partial charge in [0.2, 0.25) is 0 Å². The number of aryl methyl sites for hydroxylation is 4. The van der Waals surface area contributed by atoms with Gasteiger partial charge in [-0.2, -0.15) is 0 Å². The number of hydrogen-bond donors (Lipinski definition) is 7. The summed E-state index contributed by atoms with van der Waals surface area (Å²) < 4.78 is 17.2. The number of Topliss-reactive ketones (excluding diaryl/α,β-unsaturated/α-hetero) is 1. The van der Waals surface area contributed by atoms with Crippen LogP contribution in [0.3, 0.4) is 0 Å². The van der Waals surface area contributed by atoms with Crippen molar-refractivity contribution in [2.75, 3.05) is 27.1 Å². The number of imide groups is 1. The van der Waals surface area contributed by atoms with Crippen LogP contribution in [0, 0.1) is 27.7 Å². The van der Waals surface area contributed by atoms with Gasteiger partial charge < -0.3 is 40.6 Å². The fourth-order valence-electron chi connectivity index (χ4n) is 12.9. The van der Waals surface area contributed by atoms with Crippen LogP contribution in [0.15, 0.2) is 170 Å². The summed E-state index contributed by atoms with van der Waals surface area (Å²) in [5.74, 6) is 0.738. The van der Waals surface area contributed by atoms with E-state index in [2.05, 4.69) is 70.8 Å².